The lowest BCUT2D eigenvalue weighted by molar-refractivity contribution is 0.0827. The second-order valence-electron chi connectivity index (χ2n) is 6.90. The minimum atomic E-state index is -0.854. The van der Waals surface area contributed by atoms with E-state index in [0.717, 1.165) is 17.6 Å². The zero-order chi connectivity index (χ0) is 21.3. The Hall–Kier alpha value is -3.49. The van der Waals surface area contributed by atoms with Crippen molar-refractivity contribution in [3.05, 3.63) is 59.4 Å². The van der Waals surface area contributed by atoms with Gasteiger partial charge in [0.25, 0.3) is 5.91 Å². The summed E-state index contributed by atoms with van der Waals surface area (Å²) in [5, 5.41) is 2.41. The second kappa shape index (κ2) is 7.86. The molecule has 1 aromatic heterocycles. The number of aryl methyl sites for hydroxylation is 1. The van der Waals surface area contributed by atoms with Crippen LogP contribution in [-0.2, 0) is 13.6 Å². The number of nitrogens with one attached hydrogen (secondary N) is 1. The summed E-state index contributed by atoms with van der Waals surface area (Å²) in [7, 11) is 6.70. The highest BCUT2D eigenvalue weighted by molar-refractivity contribution is 5.97. The number of nitrogens with zero attached hydrogens (tertiary/aromatic N) is 4. The van der Waals surface area contributed by atoms with Gasteiger partial charge >= 0.3 is 6.03 Å². The third-order valence-electron chi connectivity index (χ3n) is 4.52. The number of hydrogen-bond donors (Lipinski definition) is 1. The van der Waals surface area contributed by atoms with Crippen molar-refractivity contribution < 1.29 is 18.4 Å². The fourth-order valence-corrected chi connectivity index (χ4v) is 2.87. The zero-order valence-corrected chi connectivity index (χ0v) is 16.5. The number of aromatic nitrogens is 2. The minimum Gasteiger partial charge on any atom is -0.345 e. The fraction of sp³-hybridized carbons (Fsp3) is 0.250. The molecular formula is C20H21F2N5O2. The maximum Gasteiger partial charge on any atom is 0.322 e. The zero-order valence-electron chi connectivity index (χ0n) is 16.5. The van der Waals surface area contributed by atoms with E-state index < -0.39 is 17.7 Å². The number of fused-ring (bicyclic) bond motifs is 1. The number of halogens is 2. The van der Waals surface area contributed by atoms with Crippen LogP contribution in [0.25, 0.3) is 11.0 Å². The Morgan fingerprint density at radius 3 is 2.48 bits per heavy atom. The van der Waals surface area contributed by atoms with Gasteiger partial charge < -0.3 is 19.7 Å². The van der Waals surface area contributed by atoms with E-state index in [1.165, 1.54) is 16.8 Å². The van der Waals surface area contributed by atoms with Crippen molar-refractivity contribution in [1.82, 2.24) is 19.4 Å². The number of carbonyl (C=O) groups is 2. The summed E-state index contributed by atoms with van der Waals surface area (Å²) < 4.78 is 28.6. The van der Waals surface area contributed by atoms with Crippen LogP contribution in [0.3, 0.4) is 0 Å². The van der Waals surface area contributed by atoms with Crippen molar-refractivity contribution in [2.75, 3.05) is 26.5 Å². The molecule has 29 heavy (non-hydrogen) atoms. The lowest BCUT2D eigenvalue weighted by atomic mass is 10.2. The summed E-state index contributed by atoms with van der Waals surface area (Å²) in [6.07, 6.45) is 0. The standard InChI is InChI=1S/C20H21F2N5O2/c1-25(2)19(28)12-5-8-17-16(9-12)23-18(27(17)4)11-26(3)20(29)24-15-7-6-13(21)10-14(15)22/h5-10H,11H2,1-4H3,(H,24,29). The highest BCUT2D eigenvalue weighted by atomic mass is 19.1. The van der Waals surface area contributed by atoms with Gasteiger partial charge in [-0.1, -0.05) is 0 Å². The molecule has 0 atom stereocenters. The molecule has 9 heteroatoms. The maximum absolute atomic E-state index is 13.7. The highest BCUT2D eigenvalue weighted by Crippen LogP contribution is 2.19. The number of benzene rings is 2. The highest BCUT2D eigenvalue weighted by Gasteiger charge is 2.17. The van der Waals surface area contributed by atoms with E-state index in [4.69, 9.17) is 0 Å². The quantitative estimate of drug-likeness (QED) is 0.730. The number of urea groups is 1. The summed E-state index contributed by atoms with van der Waals surface area (Å²) in [5.74, 6) is -1.11. The van der Waals surface area contributed by atoms with Gasteiger partial charge in [0.15, 0.2) is 0 Å². The lowest BCUT2D eigenvalue weighted by Crippen LogP contribution is -2.32. The molecule has 0 fully saturated rings. The van der Waals surface area contributed by atoms with Gasteiger partial charge in [-0.15, -0.1) is 0 Å². The van der Waals surface area contributed by atoms with E-state index in [-0.39, 0.29) is 18.1 Å². The molecule has 3 rings (SSSR count). The van der Waals surface area contributed by atoms with E-state index in [1.807, 2.05) is 11.6 Å². The molecule has 0 aliphatic carbocycles. The summed E-state index contributed by atoms with van der Waals surface area (Å²) in [6, 6.07) is 7.60. The molecule has 3 aromatic rings. The van der Waals surface area contributed by atoms with Gasteiger partial charge in [0.05, 0.1) is 23.3 Å². The van der Waals surface area contributed by atoms with Crippen LogP contribution in [0.5, 0.6) is 0 Å². The Balaban J connectivity index is 1.78. The molecule has 0 bridgehead atoms. The van der Waals surface area contributed by atoms with Crippen LogP contribution in [0.15, 0.2) is 36.4 Å². The number of amides is 3. The van der Waals surface area contributed by atoms with Gasteiger partial charge in [0.1, 0.15) is 17.5 Å². The Bertz CT molecular complexity index is 1090. The Kier molecular flexibility index (Phi) is 5.49. The average molecular weight is 401 g/mol. The molecule has 7 nitrogen and oxygen atoms in total. The van der Waals surface area contributed by atoms with Gasteiger partial charge in [-0.2, -0.15) is 0 Å². The monoisotopic (exact) mass is 401 g/mol. The first-order chi connectivity index (χ1) is 13.7. The Labute approximate surface area is 166 Å². The first kappa shape index (κ1) is 20.2. The van der Waals surface area contributed by atoms with Crippen LogP contribution >= 0.6 is 0 Å². The van der Waals surface area contributed by atoms with E-state index in [2.05, 4.69) is 10.3 Å². The molecular weight excluding hydrogens is 380 g/mol. The van der Waals surface area contributed by atoms with Gasteiger partial charge in [0.2, 0.25) is 0 Å². The summed E-state index contributed by atoms with van der Waals surface area (Å²) >= 11 is 0. The van der Waals surface area contributed by atoms with E-state index in [1.54, 1.807) is 32.3 Å². The van der Waals surface area contributed by atoms with E-state index in [0.29, 0.717) is 23.0 Å². The molecule has 0 saturated carbocycles. The van der Waals surface area contributed by atoms with Crippen LogP contribution < -0.4 is 5.32 Å². The fourth-order valence-electron chi connectivity index (χ4n) is 2.87. The predicted octanol–water partition coefficient (Wildman–Crippen LogP) is 3.22. The molecule has 0 spiro atoms. The first-order valence-corrected chi connectivity index (χ1v) is 8.81. The van der Waals surface area contributed by atoms with Crippen molar-refractivity contribution in [2.24, 2.45) is 7.05 Å². The van der Waals surface area contributed by atoms with Gasteiger partial charge in [-0.3, -0.25) is 4.79 Å². The molecule has 0 aliphatic rings. The predicted molar refractivity (Wildman–Crippen MR) is 106 cm³/mol. The average Bonchev–Trinajstić information content (AvgIpc) is 2.98. The number of hydrogen-bond acceptors (Lipinski definition) is 3. The molecule has 0 saturated heterocycles. The molecule has 2 aromatic carbocycles. The van der Waals surface area contributed by atoms with Gasteiger partial charge in [-0.05, 0) is 30.3 Å². The number of carbonyl (C=O) groups excluding carboxylic acids is 2. The SMILES string of the molecule is CN(C)C(=O)c1ccc2c(c1)nc(CN(C)C(=O)Nc1ccc(F)cc1F)n2C. The van der Waals surface area contributed by atoms with Crippen molar-refractivity contribution in [3.8, 4) is 0 Å². The molecule has 0 radical (unpaired) electrons. The summed E-state index contributed by atoms with van der Waals surface area (Å²) in [5.41, 5.74) is 1.85. The van der Waals surface area contributed by atoms with Gasteiger partial charge in [0, 0.05) is 39.8 Å². The topological polar surface area (TPSA) is 70.5 Å². The van der Waals surface area contributed by atoms with Crippen molar-refractivity contribution >= 4 is 28.7 Å². The van der Waals surface area contributed by atoms with Crippen LogP contribution in [-0.4, -0.2) is 52.4 Å². The van der Waals surface area contributed by atoms with Crippen molar-refractivity contribution in [1.29, 1.82) is 0 Å². The van der Waals surface area contributed by atoms with Crippen LogP contribution in [0.1, 0.15) is 16.2 Å². The van der Waals surface area contributed by atoms with E-state index in [9.17, 15) is 18.4 Å². The number of rotatable bonds is 4. The molecule has 152 valence electrons. The molecule has 3 amide bonds. The first-order valence-electron chi connectivity index (χ1n) is 8.81. The normalized spacial score (nSPS) is 10.8. The second-order valence-corrected chi connectivity index (χ2v) is 6.90. The van der Waals surface area contributed by atoms with Crippen LogP contribution in [0, 0.1) is 11.6 Å². The van der Waals surface area contributed by atoms with Crippen molar-refractivity contribution in [2.45, 2.75) is 6.54 Å². The molecule has 1 heterocycles. The maximum atomic E-state index is 13.7. The van der Waals surface area contributed by atoms with Crippen LogP contribution in [0.2, 0.25) is 0 Å². The number of anilines is 1. The summed E-state index contributed by atoms with van der Waals surface area (Å²) in [4.78, 5) is 31.8. The minimum absolute atomic E-state index is 0.111. The molecule has 0 aliphatic heterocycles. The van der Waals surface area contributed by atoms with Crippen molar-refractivity contribution in [3.63, 3.8) is 0 Å². The molecule has 0 unspecified atom stereocenters. The van der Waals surface area contributed by atoms with E-state index >= 15 is 0 Å². The lowest BCUT2D eigenvalue weighted by Gasteiger charge is -2.18. The Morgan fingerprint density at radius 1 is 1.10 bits per heavy atom. The smallest absolute Gasteiger partial charge is 0.322 e. The largest absolute Gasteiger partial charge is 0.345 e. The third kappa shape index (κ3) is 4.18. The number of imidazole rings is 1. The summed E-state index contributed by atoms with van der Waals surface area (Å²) in [6.45, 7) is 0.150. The Morgan fingerprint density at radius 2 is 1.83 bits per heavy atom. The van der Waals surface area contributed by atoms with Gasteiger partial charge in [-0.25, -0.2) is 18.6 Å². The third-order valence-corrected chi connectivity index (χ3v) is 4.52. The molecule has 1 N–H and O–H groups in total. The van der Waals surface area contributed by atoms with Crippen LogP contribution in [0.4, 0.5) is 19.3 Å².